The van der Waals surface area contributed by atoms with E-state index in [-0.39, 0.29) is 6.04 Å². The minimum absolute atomic E-state index is 0.239. The van der Waals surface area contributed by atoms with Gasteiger partial charge in [0.25, 0.3) is 0 Å². The quantitative estimate of drug-likeness (QED) is 0.826. The van der Waals surface area contributed by atoms with Gasteiger partial charge in [0.1, 0.15) is 12.2 Å². The van der Waals surface area contributed by atoms with Gasteiger partial charge in [-0.05, 0) is 31.5 Å². The fourth-order valence-corrected chi connectivity index (χ4v) is 2.10. The van der Waals surface area contributed by atoms with E-state index in [0.29, 0.717) is 0 Å². The highest BCUT2D eigenvalue weighted by Crippen LogP contribution is 2.16. The molecule has 1 atom stereocenters. The van der Waals surface area contributed by atoms with E-state index in [1.807, 2.05) is 16.9 Å². The highest BCUT2D eigenvalue weighted by Gasteiger charge is 2.15. The molecule has 0 saturated heterocycles. The molecule has 1 N–H and O–H groups in total. The average molecular weight is 259 g/mol. The summed E-state index contributed by atoms with van der Waals surface area (Å²) in [5.74, 6) is 1.01. The predicted molar refractivity (Wildman–Crippen MR) is 74.7 cm³/mol. The smallest absolute Gasteiger partial charge is 0.138 e. The van der Waals surface area contributed by atoms with Gasteiger partial charge >= 0.3 is 0 Å². The van der Waals surface area contributed by atoms with Gasteiger partial charge in [0, 0.05) is 31.4 Å². The third-order valence-corrected chi connectivity index (χ3v) is 3.11. The van der Waals surface area contributed by atoms with E-state index >= 15 is 0 Å². The summed E-state index contributed by atoms with van der Waals surface area (Å²) in [7, 11) is 0. The van der Waals surface area contributed by atoms with Crippen molar-refractivity contribution < 1.29 is 0 Å². The zero-order valence-corrected chi connectivity index (χ0v) is 11.6. The highest BCUT2D eigenvalue weighted by atomic mass is 15.3. The average Bonchev–Trinajstić information content (AvgIpc) is 2.91. The molecule has 0 aromatic carbocycles. The van der Waals surface area contributed by atoms with Gasteiger partial charge in [0.05, 0.1) is 0 Å². The lowest BCUT2D eigenvalue weighted by Gasteiger charge is -2.18. The summed E-state index contributed by atoms with van der Waals surface area (Å²) in [6.07, 6.45) is 7.28. The summed E-state index contributed by atoms with van der Waals surface area (Å²) in [6.45, 7) is 6.08. The zero-order chi connectivity index (χ0) is 13.5. The van der Waals surface area contributed by atoms with E-state index < -0.39 is 0 Å². The summed E-state index contributed by atoms with van der Waals surface area (Å²) in [6, 6.07) is 4.32. The van der Waals surface area contributed by atoms with Crippen LogP contribution in [0.2, 0.25) is 0 Å². The second kappa shape index (κ2) is 6.99. The molecule has 0 aliphatic rings. The molecule has 0 saturated carbocycles. The monoisotopic (exact) mass is 259 g/mol. The molecule has 2 aromatic heterocycles. The minimum atomic E-state index is 0.239. The number of rotatable bonds is 7. The summed E-state index contributed by atoms with van der Waals surface area (Å²) in [5, 5.41) is 7.78. The van der Waals surface area contributed by atoms with E-state index in [1.165, 1.54) is 5.56 Å². The first kappa shape index (κ1) is 13.7. The molecule has 0 amide bonds. The van der Waals surface area contributed by atoms with Gasteiger partial charge < -0.3 is 5.32 Å². The van der Waals surface area contributed by atoms with E-state index in [2.05, 4.69) is 40.3 Å². The van der Waals surface area contributed by atoms with Gasteiger partial charge in [-0.3, -0.25) is 9.67 Å². The summed E-state index contributed by atoms with van der Waals surface area (Å²) in [5.41, 5.74) is 1.20. The molecule has 0 aliphatic carbocycles. The Morgan fingerprint density at radius 3 is 2.95 bits per heavy atom. The second-order valence-corrected chi connectivity index (χ2v) is 4.49. The molecule has 5 heteroatoms. The van der Waals surface area contributed by atoms with Crippen molar-refractivity contribution in [2.24, 2.45) is 0 Å². The van der Waals surface area contributed by atoms with Crippen molar-refractivity contribution in [2.75, 3.05) is 6.54 Å². The van der Waals surface area contributed by atoms with E-state index in [4.69, 9.17) is 0 Å². The van der Waals surface area contributed by atoms with Gasteiger partial charge in [-0.15, -0.1) is 0 Å². The first-order valence-corrected chi connectivity index (χ1v) is 6.85. The van der Waals surface area contributed by atoms with Crippen LogP contribution in [0.4, 0.5) is 0 Å². The van der Waals surface area contributed by atoms with Gasteiger partial charge in [0.2, 0.25) is 0 Å². The Morgan fingerprint density at radius 1 is 1.37 bits per heavy atom. The molecule has 102 valence electrons. The van der Waals surface area contributed by atoms with E-state index in [1.54, 1.807) is 12.5 Å². The largest absolute Gasteiger partial charge is 0.310 e. The molecule has 0 aliphatic heterocycles. The fraction of sp³-hybridized carbons (Fsp3) is 0.500. The standard InChI is InChI=1S/C14H21N5/c1-3-7-16-13(12-6-5-8-15-10-12)9-14-17-11-18-19(14)4-2/h5-6,8,10-11,13,16H,3-4,7,9H2,1-2H3. The Balaban J connectivity index is 2.14. The first-order chi connectivity index (χ1) is 9.35. The SMILES string of the molecule is CCCNC(Cc1ncnn1CC)c1cccnc1. The number of nitrogens with one attached hydrogen (secondary N) is 1. The van der Waals surface area contributed by atoms with Gasteiger partial charge in [0.15, 0.2) is 0 Å². The highest BCUT2D eigenvalue weighted by molar-refractivity contribution is 5.15. The third-order valence-electron chi connectivity index (χ3n) is 3.11. The molecular formula is C14H21N5. The lowest BCUT2D eigenvalue weighted by atomic mass is 10.1. The van der Waals surface area contributed by atoms with Crippen molar-refractivity contribution in [2.45, 2.75) is 39.3 Å². The molecule has 0 radical (unpaired) electrons. The normalized spacial score (nSPS) is 12.5. The molecule has 5 nitrogen and oxygen atoms in total. The Bertz CT molecular complexity index is 480. The van der Waals surface area contributed by atoms with Crippen LogP contribution in [0.1, 0.15) is 37.7 Å². The molecule has 2 rings (SSSR count). The summed E-state index contributed by atoms with van der Waals surface area (Å²) < 4.78 is 1.94. The van der Waals surface area contributed by atoms with Crippen LogP contribution < -0.4 is 5.32 Å². The van der Waals surface area contributed by atoms with Crippen LogP contribution >= 0.6 is 0 Å². The second-order valence-electron chi connectivity index (χ2n) is 4.49. The Kier molecular flexibility index (Phi) is 5.03. The maximum Gasteiger partial charge on any atom is 0.138 e. The van der Waals surface area contributed by atoms with Gasteiger partial charge in [-0.25, -0.2) is 4.98 Å². The molecule has 1 unspecified atom stereocenters. The fourth-order valence-electron chi connectivity index (χ4n) is 2.10. The van der Waals surface area contributed by atoms with Crippen LogP contribution in [-0.4, -0.2) is 26.3 Å². The van der Waals surface area contributed by atoms with Crippen molar-refractivity contribution >= 4 is 0 Å². The number of nitrogens with zero attached hydrogens (tertiary/aromatic N) is 4. The lowest BCUT2D eigenvalue weighted by molar-refractivity contribution is 0.496. The van der Waals surface area contributed by atoms with Crippen molar-refractivity contribution in [3.8, 4) is 0 Å². The number of hydrogen-bond acceptors (Lipinski definition) is 4. The first-order valence-electron chi connectivity index (χ1n) is 6.85. The number of pyridine rings is 1. The maximum absolute atomic E-state index is 4.35. The van der Waals surface area contributed by atoms with Gasteiger partial charge in [-0.1, -0.05) is 13.0 Å². The van der Waals surface area contributed by atoms with Crippen LogP contribution in [0.15, 0.2) is 30.9 Å². The van der Waals surface area contributed by atoms with Crippen molar-refractivity contribution in [1.29, 1.82) is 0 Å². The van der Waals surface area contributed by atoms with Crippen LogP contribution in [0, 0.1) is 0 Å². The summed E-state index contributed by atoms with van der Waals surface area (Å²) >= 11 is 0. The molecule has 19 heavy (non-hydrogen) atoms. The van der Waals surface area contributed by atoms with Crippen LogP contribution in [0.5, 0.6) is 0 Å². The maximum atomic E-state index is 4.35. The predicted octanol–water partition coefficient (Wildman–Crippen LogP) is 1.98. The number of hydrogen-bond donors (Lipinski definition) is 1. The summed E-state index contributed by atoms with van der Waals surface area (Å²) in [4.78, 5) is 8.55. The third kappa shape index (κ3) is 3.61. The van der Waals surface area contributed by atoms with Crippen molar-refractivity contribution in [1.82, 2.24) is 25.1 Å². The van der Waals surface area contributed by atoms with Gasteiger partial charge in [-0.2, -0.15) is 5.10 Å². The molecule has 2 aromatic rings. The topological polar surface area (TPSA) is 55.6 Å². The Hall–Kier alpha value is -1.75. The van der Waals surface area contributed by atoms with Crippen LogP contribution in [-0.2, 0) is 13.0 Å². The molecule has 0 bridgehead atoms. The molecule has 0 fully saturated rings. The molecule has 0 spiro atoms. The molecule has 2 heterocycles. The zero-order valence-electron chi connectivity index (χ0n) is 11.6. The molecular weight excluding hydrogens is 238 g/mol. The minimum Gasteiger partial charge on any atom is -0.310 e. The van der Waals surface area contributed by atoms with Crippen molar-refractivity contribution in [3.05, 3.63) is 42.2 Å². The Labute approximate surface area is 114 Å². The number of aromatic nitrogens is 4. The van der Waals surface area contributed by atoms with E-state index in [0.717, 1.165) is 31.8 Å². The Morgan fingerprint density at radius 2 is 2.26 bits per heavy atom. The van der Waals surface area contributed by atoms with Crippen LogP contribution in [0.25, 0.3) is 0 Å². The van der Waals surface area contributed by atoms with E-state index in [9.17, 15) is 0 Å². The van der Waals surface area contributed by atoms with Crippen molar-refractivity contribution in [3.63, 3.8) is 0 Å². The number of aryl methyl sites for hydroxylation is 1. The van der Waals surface area contributed by atoms with Crippen LogP contribution in [0.3, 0.4) is 0 Å². The lowest BCUT2D eigenvalue weighted by Crippen LogP contribution is -2.25.